The fraction of sp³-hybridized carbons (Fsp3) is 0.133. The molecule has 0 bridgehead atoms. The number of carbonyl (C=O) groups is 1. The zero-order valence-corrected chi connectivity index (χ0v) is 14.7. The number of aryl methyl sites for hydroxylation is 1. The van der Waals surface area contributed by atoms with Crippen LogP contribution in [-0.4, -0.2) is 22.1 Å². The quantitative estimate of drug-likeness (QED) is 0.682. The van der Waals surface area contributed by atoms with Crippen molar-refractivity contribution >= 4 is 45.5 Å². The molecule has 0 saturated heterocycles. The number of nitrogens with zero attached hydrogens (tertiary/aromatic N) is 2. The summed E-state index contributed by atoms with van der Waals surface area (Å²) in [5, 5.41) is 5.69. The van der Waals surface area contributed by atoms with Gasteiger partial charge in [0.05, 0.1) is 9.90 Å². The molecule has 0 radical (unpaired) electrons. The first-order chi connectivity index (χ1) is 11.1. The Labute approximate surface area is 144 Å². The van der Waals surface area contributed by atoms with Crippen LogP contribution in [0.4, 0.5) is 9.52 Å². The molecule has 2 aromatic heterocycles. The normalized spacial score (nSPS) is 10.7. The Kier molecular flexibility index (Phi) is 4.74. The van der Waals surface area contributed by atoms with Crippen LogP contribution in [0.3, 0.4) is 0 Å². The van der Waals surface area contributed by atoms with Gasteiger partial charge in [0.25, 0.3) is 5.91 Å². The fourth-order valence-corrected chi connectivity index (χ4v) is 4.30. The van der Waals surface area contributed by atoms with Gasteiger partial charge in [0.15, 0.2) is 5.13 Å². The Hall–Kier alpha value is -1.77. The van der Waals surface area contributed by atoms with Crippen LogP contribution in [0.2, 0.25) is 0 Å². The molecule has 118 valence electrons. The molecular weight excluding hydrogens is 353 g/mol. The largest absolute Gasteiger partial charge is 0.296 e. The molecule has 3 rings (SSSR count). The summed E-state index contributed by atoms with van der Waals surface area (Å²) < 4.78 is 14.0. The van der Waals surface area contributed by atoms with Crippen LogP contribution in [0.15, 0.2) is 33.9 Å². The third kappa shape index (κ3) is 3.60. The number of thioether (sulfide) groups is 1. The Morgan fingerprint density at radius 1 is 1.26 bits per heavy atom. The number of hydrogen-bond donors (Lipinski definition) is 1. The van der Waals surface area contributed by atoms with E-state index in [1.165, 1.54) is 34.8 Å². The minimum Gasteiger partial charge on any atom is -0.296 e. The van der Waals surface area contributed by atoms with Gasteiger partial charge in [-0.1, -0.05) is 11.3 Å². The van der Waals surface area contributed by atoms with Gasteiger partial charge in [-0.25, -0.2) is 14.4 Å². The fourth-order valence-electron chi connectivity index (χ4n) is 1.89. The molecule has 0 spiro atoms. The Morgan fingerprint density at radius 2 is 2.00 bits per heavy atom. The van der Waals surface area contributed by atoms with Crippen molar-refractivity contribution in [3.63, 3.8) is 0 Å². The van der Waals surface area contributed by atoms with Gasteiger partial charge in [-0.05, 0) is 37.4 Å². The van der Waals surface area contributed by atoms with Crippen LogP contribution in [0, 0.1) is 12.7 Å². The van der Waals surface area contributed by atoms with Gasteiger partial charge in [0, 0.05) is 10.9 Å². The minimum atomic E-state index is -0.299. The first-order valence-corrected chi connectivity index (χ1v) is 9.53. The second kappa shape index (κ2) is 6.77. The third-order valence-corrected chi connectivity index (χ3v) is 6.16. The van der Waals surface area contributed by atoms with E-state index in [9.17, 15) is 9.18 Å². The number of thiazole rings is 2. The van der Waals surface area contributed by atoms with E-state index < -0.39 is 0 Å². The van der Waals surface area contributed by atoms with Gasteiger partial charge in [0.2, 0.25) is 0 Å². The molecule has 0 atom stereocenters. The van der Waals surface area contributed by atoms with Crippen molar-refractivity contribution in [3.8, 4) is 10.6 Å². The molecule has 0 saturated carbocycles. The molecule has 0 aliphatic carbocycles. The van der Waals surface area contributed by atoms with Crippen molar-refractivity contribution in [2.24, 2.45) is 0 Å². The summed E-state index contributed by atoms with van der Waals surface area (Å²) in [6, 6.07) is 6.03. The monoisotopic (exact) mass is 365 g/mol. The molecule has 23 heavy (non-hydrogen) atoms. The summed E-state index contributed by atoms with van der Waals surface area (Å²) >= 11 is 4.39. The zero-order chi connectivity index (χ0) is 16.4. The van der Waals surface area contributed by atoms with E-state index in [4.69, 9.17) is 0 Å². The molecule has 0 aliphatic heterocycles. The van der Waals surface area contributed by atoms with Gasteiger partial charge < -0.3 is 0 Å². The lowest BCUT2D eigenvalue weighted by molar-refractivity contribution is 0.102. The lowest BCUT2D eigenvalue weighted by atomic mass is 10.2. The van der Waals surface area contributed by atoms with E-state index >= 15 is 0 Å². The lowest BCUT2D eigenvalue weighted by Crippen LogP contribution is -2.12. The Bertz CT molecular complexity index is 842. The third-order valence-electron chi connectivity index (χ3n) is 2.99. The average molecular weight is 365 g/mol. The minimum absolute atomic E-state index is 0.295. The molecular formula is C15H12FN3OS3. The van der Waals surface area contributed by atoms with E-state index in [0.717, 1.165) is 15.5 Å². The SMILES string of the molecule is CSc1sc(NC(=O)c2csc(-c3ccc(F)cc3)n2)nc1C. The smallest absolute Gasteiger partial charge is 0.276 e. The van der Waals surface area contributed by atoms with Crippen LogP contribution in [-0.2, 0) is 0 Å². The number of anilines is 1. The van der Waals surface area contributed by atoms with E-state index in [0.29, 0.717) is 15.8 Å². The standard InChI is InChI=1S/C15H12FN3OS3/c1-8-14(21-2)23-15(17-8)19-12(20)11-7-22-13(18-11)9-3-5-10(16)6-4-9/h3-7H,1-2H3,(H,17,19,20). The van der Waals surface area contributed by atoms with Crippen molar-refractivity contribution < 1.29 is 9.18 Å². The second-order valence-electron chi connectivity index (χ2n) is 4.59. The Balaban J connectivity index is 1.76. The van der Waals surface area contributed by atoms with E-state index in [2.05, 4.69) is 15.3 Å². The highest BCUT2D eigenvalue weighted by Gasteiger charge is 2.15. The van der Waals surface area contributed by atoms with Gasteiger partial charge in [-0.15, -0.1) is 23.1 Å². The maximum Gasteiger partial charge on any atom is 0.276 e. The summed E-state index contributed by atoms with van der Waals surface area (Å²) in [7, 11) is 0. The summed E-state index contributed by atoms with van der Waals surface area (Å²) in [5.41, 5.74) is 2.01. The molecule has 0 aliphatic rings. The average Bonchev–Trinajstić information content (AvgIpc) is 3.15. The van der Waals surface area contributed by atoms with Crippen LogP contribution in [0.5, 0.6) is 0 Å². The predicted octanol–water partition coefficient (Wildman–Crippen LogP) is 4.69. The Morgan fingerprint density at radius 3 is 2.65 bits per heavy atom. The predicted molar refractivity (Wildman–Crippen MR) is 94.1 cm³/mol. The van der Waals surface area contributed by atoms with E-state index in [1.54, 1.807) is 29.3 Å². The number of benzene rings is 1. The van der Waals surface area contributed by atoms with Crippen LogP contribution in [0.25, 0.3) is 10.6 Å². The summed E-state index contributed by atoms with van der Waals surface area (Å²) in [6.45, 7) is 1.91. The molecule has 2 heterocycles. The maximum atomic E-state index is 13.0. The number of carbonyl (C=O) groups excluding carboxylic acids is 1. The highest BCUT2D eigenvalue weighted by atomic mass is 32.2. The molecule has 0 unspecified atom stereocenters. The number of amides is 1. The number of aromatic nitrogens is 2. The van der Waals surface area contributed by atoms with Gasteiger partial charge in [0.1, 0.15) is 16.5 Å². The number of nitrogens with one attached hydrogen (secondary N) is 1. The van der Waals surface area contributed by atoms with Crippen molar-refractivity contribution in [2.75, 3.05) is 11.6 Å². The molecule has 4 nitrogen and oxygen atoms in total. The second-order valence-corrected chi connectivity index (χ2v) is 7.53. The van der Waals surface area contributed by atoms with Gasteiger partial charge >= 0.3 is 0 Å². The molecule has 8 heteroatoms. The highest BCUT2D eigenvalue weighted by molar-refractivity contribution is 8.00. The van der Waals surface area contributed by atoms with Crippen molar-refractivity contribution in [3.05, 3.63) is 46.9 Å². The van der Waals surface area contributed by atoms with Crippen molar-refractivity contribution in [1.82, 2.24) is 9.97 Å². The molecule has 1 amide bonds. The van der Waals surface area contributed by atoms with Gasteiger partial charge in [-0.3, -0.25) is 10.1 Å². The molecule has 0 fully saturated rings. The van der Waals surface area contributed by atoms with E-state index in [-0.39, 0.29) is 11.7 Å². The van der Waals surface area contributed by atoms with Crippen molar-refractivity contribution in [1.29, 1.82) is 0 Å². The maximum absolute atomic E-state index is 13.0. The summed E-state index contributed by atoms with van der Waals surface area (Å²) in [6.07, 6.45) is 1.97. The van der Waals surface area contributed by atoms with Crippen LogP contribution >= 0.6 is 34.4 Å². The number of hydrogen-bond acceptors (Lipinski definition) is 6. The summed E-state index contributed by atoms with van der Waals surface area (Å²) in [4.78, 5) is 20.9. The van der Waals surface area contributed by atoms with Crippen molar-refractivity contribution in [2.45, 2.75) is 11.1 Å². The molecule has 1 aromatic carbocycles. The molecule has 1 N–H and O–H groups in total. The molecule has 3 aromatic rings. The van der Waals surface area contributed by atoms with Gasteiger partial charge in [-0.2, -0.15) is 0 Å². The van der Waals surface area contributed by atoms with E-state index in [1.807, 2.05) is 13.2 Å². The van der Waals surface area contributed by atoms with Crippen LogP contribution in [0.1, 0.15) is 16.2 Å². The number of halogens is 1. The first kappa shape index (κ1) is 16.1. The first-order valence-electron chi connectivity index (χ1n) is 6.61. The topological polar surface area (TPSA) is 54.9 Å². The van der Waals surface area contributed by atoms with Crippen LogP contribution < -0.4 is 5.32 Å². The summed E-state index contributed by atoms with van der Waals surface area (Å²) in [5.74, 6) is -0.594. The highest BCUT2D eigenvalue weighted by Crippen LogP contribution is 2.31. The zero-order valence-electron chi connectivity index (χ0n) is 12.3. The number of rotatable bonds is 4. The lowest BCUT2D eigenvalue weighted by Gasteiger charge is -1.98.